The van der Waals surface area contributed by atoms with E-state index < -0.39 is 11.8 Å². The van der Waals surface area contributed by atoms with Gasteiger partial charge in [0.1, 0.15) is 0 Å². The molecular weight excluding hydrogens is 548 g/mol. The molecule has 0 saturated carbocycles. The molecule has 0 saturated heterocycles. The van der Waals surface area contributed by atoms with Gasteiger partial charge in [0.15, 0.2) is 0 Å². The number of aryl methyl sites for hydroxylation is 1. The van der Waals surface area contributed by atoms with Crippen molar-refractivity contribution in [3.05, 3.63) is 23.8 Å². The van der Waals surface area contributed by atoms with Crippen LogP contribution in [0.3, 0.4) is 0 Å². The SMILES string of the molecule is CCCCCCCCCCCCCCCC(=O)NCCN(CC)c1ccc(NC(=O)C(=O)N(CCCC)CCCC)c(C)c1. The van der Waals surface area contributed by atoms with Crippen LogP contribution in [0.1, 0.15) is 149 Å². The zero-order valence-corrected chi connectivity index (χ0v) is 29.1. The lowest BCUT2D eigenvalue weighted by atomic mass is 10.0. The lowest BCUT2D eigenvalue weighted by Crippen LogP contribution is -2.41. The summed E-state index contributed by atoms with van der Waals surface area (Å²) in [6.45, 7) is 13.8. The summed E-state index contributed by atoms with van der Waals surface area (Å²) in [5.41, 5.74) is 2.59. The predicted octanol–water partition coefficient (Wildman–Crippen LogP) is 8.79. The number of hydrogen-bond donors (Lipinski definition) is 2. The summed E-state index contributed by atoms with van der Waals surface area (Å²) in [6.07, 6.45) is 21.3. The Morgan fingerprint density at radius 1 is 0.659 bits per heavy atom. The first-order valence-electron chi connectivity index (χ1n) is 18.1. The van der Waals surface area contributed by atoms with E-state index in [1.807, 2.05) is 25.1 Å². The van der Waals surface area contributed by atoms with Crippen molar-refractivity contribution in [3.8, 4) is 0 Å². The van der Waals surface area contributed by atoms with Crippen LogP contribution in [-0.2, 0) is 14.4 Å². The number of unbranched alkanes of at least 4 members (excludes halogenated alkanes) is 14. The summed E-state index contributed by atoms with van der Waals surface area (Å²) >= 11 is 0. The number of hydrogen-bond acceptors (Lipinski definition) is 4. The van der Waals surface area contributed by atoms with Crippen molar-refractivity contribution in [2.75, 3.05) is 42.9 Å². The second-order valence-electron chi connectivity index (χ2n) is 12.4. The standard InChI is InChI=1S/C37H66N4O3/c1-6-10-13-14-15-16-17-18-19-20-21-22-23-24-35(42)38-27-30-40(9-4)33-25-26-34(32(5)31-33)39-36(43)37(44)41(28-11-7-2)29-12-8-3/h25-26,31H,6-24,27-30H2,1-5H3,(H,38,42)(H,39,43). The van der Waals surface area contributed by atoms with Crippen molar-refractivity contribution in [3.63, 3.8) is 0 Å². The fourth-order valence-corrected chi connectivity index (χ4v) is 5.51. The van der Waals surface area contributed by atoms with Gasteiger partial charge in [-0.05, 0) is 56.9 Å². The van der Waals surface area contributed by atoms with Gasteiger partial charge >= 0.3 is 11.8 Å². The lowest BCUT2D eigenvalue weighted by molar-refractivity contribution is -0.143. The first-order chi connectivity index (χ1) is 21.4. The average Bonchev–Trinajstić information content (AvgIpc) is 3.02. The van der Waals surface area contributed by atoms with Crippen molar-refractivity contribution < 1.29 is 14.4 Å². The number of likely N-dealkylation sites (N-methyl/N-ethyl adjacent to an activating group) is 1. The van der Waals surface area contributed by atoms with Crippen LogP contribution >= 0.6 is 0 Å². The second-order valence-corrected chi connectivity index (χ2v) is 12.4. The van der Waals surface area contributed by atoms with E-state index >= 15 is 0 Å². The van der Waals surface area contributed by atoms with Crippen molar-refractivity contribution >= 4 is 29.1 Å². The third-order valence-corrected chi connectivity index (χ3v) is 8.46. The molecule has 0 aliphatic rings. The average molecular weight is 615 g/mol. The van der Waals surface area contributed by atoms with Gasteiger partial charge in [0.25, 0.3) is 0 Å². The molecule has 1 aromatic rings. The number of carbonyl (C=O) groups is 3. The van der Waals surface area contributed by atoms with E-state index in [-0.39, 0.29) is 5.91 Å². The predicted molar refractivity (Wildman–Crippen MR) is 187 cm³/mol. The quantitative estimate of drug-likeness (QED) is 0.0807. The van der Waals surface area contributed by atoms with Crippen LogP contribution in [0.2, 0.25) is 0 Å². The van der Waals surface area contributed by atoms with E-state index in [0.29, 0.717) is 38.3 Å². The van der Waals surface area contributed by atoms with Gasteiger partial charge in [0.05, 0.1) is 0 Å². The Morgan fingerprint density at radius 3 is 1.68 bits per heavy atom. The van der Waals surface area contributed by atoms with Crippen molar-refractivity contribution in [2.24, 2.45) is 0 Å². The van der Waals surface area contributed by atoms with Crippen molar-refractivity contribution in [1.82, 2.24) is 10.2 Å². The van der Waals surface area contributed by atoms with E-state index in [1.54, 1.807) is 4.90 Å². The summed E-state index contributed by atoms with van der Waals surface area (Å²) < 4.78 is 0. The van der Waals surface area contributed by atoms with Gasteiger partial charge in [-0.1, -0.05) is 111 Å². The molecule has 0 radical (unpaired) electrons. The Bertz CT molecular complexity index is 912. The molecule has 0 aromatic heterocycles. The number of anilines is 2. The molecule has 0 atom stereocenters. The first-order valence-corrected chi connectivity index (χ1v) is 18.1. The Kier molecular flexibility index (Phi) is 23.1. The molecule has 0 fully saturated rings. The van der Waals surface area contributed by atoms with Gasteiger partial charge in [0.2, 0.25) is 5.91 Å². The van der Waals surface area contributed by atoms with E-state index in [2.05, 4.69) is 43.2 Å². The van der Waals surface area contributed by atoms with E-state index in [9.17, 15) is 14.4 Å². The molecule has 7 heteroatoms. The Hall–Kier alpha value is -2.57. The Morgan fingerprint density at radius 2 is 1.18 bits per heavy atom. The molecule has 1 aromatic carbocycles. The molecule has 1 rings (SSSR count). The smallest absolute Gasteiger partial charge is 0.313 e. The van der Waals surface area contributed by atoms with E-state index in [4.69, 9.17) is 0 Å². The topological polar surface area (TPSA) is 81.8 Å². The summed E-state index contributed by atoms with van der Waals surface area (Å²) in [7, 11) is 0. The molecular formula is C37H66N4O3. The second kappa shape index (κ2) is 25.7. The monoisotopic (exact) mass is 615 g/mol. The van der Waals surface area contributed by atoms with Crippen LogP contribution in [-0.4, -0.2) is 55.3 Å². The number of amides is 3. The molecule has 252 valence electrons. The molecule has 0 aliphatic heterocycles. The molecule has 3 amide bonds. The highest BCUT2D eigenvalue weighted by Crippen LogP contribution is 2.23. The number of carbonyl (C=O) groups excluding carboxylic acids is 3. The van der Waals surface area contributed by atoms with Crippen molar-refractivity contribution in [1.29, 1.82) is 0 Å². The summed E-state index contributed by atoms with van der Waals surface area (Å²) in [5, 5.41) is 5.92. The molecule has 44 heavy (non-hydrogen) atoms. The number of nitrogens with zero attached hydrogens (tertiary/aromatic N) is 2. The normalized spacial score (nSPS) is 10.9. The summed E-state index contributed by atoms with van der Waals surface area (Å²) in [5.74, 6) is -0.901. The molecule has 7 nitrogen and oxygen atoms in total. The minimum Gasteiger partial charge on any atom is -0.370 e. The number of benzene rings is 1. The molecule has 0 unspecified atom stereocenters. The zero-order valence-electron chi connectivity index (χ0n) is 29.1. The van der Waals surface area contributed by atoms with Gasteiger partial charge in [-0.3, -0.25) is 14.4 Å². The fourth-order valence-electron chi connectivity index (χ4n) is 5.51. The van der Waals surface area contributed by atoms with Gasteiger partial charge in [-0.2, -0.15) is 0 Å². The van der Waals surface area contributed by atoms with Crippen LogP contribution < -0.4 is 15.5 Å². The summed E-state index contributed by atoms with van der Waals surface area (Å²) in [4.78, 5) is 41.9. The number of rotatable bonds is 26. The van der Waals surface area contributed by atoms with Crippen LogP contribution in [0.15, 0.2) is 18.2 Å². The molecule has 0 aliphatic carbocycles. The largest absolute Gasteiger partial charge is 0.370 e. The maximum atomic E-state index is 12.8. The minimum atomic E-state index is -0.577. The lowest BCUT2D eigenvalue weighted by Gasteiger charge is -2.25. The van der Waals surface area contributed by atoms with Crippen LogP contribution in [0.4, 0.5) is 11.4 Å². The first kappa shape index (κ1) is 39.5. The van der Waals surface area contributed by atoms with Crippen LogP contribution in [0.25, 0.3) is 0 Å². The number of nitrogens with one attached hydrogen (secondary N) is 2. The summed E-state index contributed by atoms with van der Waals surface area (Å²) in [6, 6.07) is 5.87. The van der Waals surface area contributed by atoms with Crippen LogP contribution in [0, 0.1) is 6.92 Å². The molecule has 0 spiro atoms. The van der Waals surface area contributed by atoms with E-state index in [1.165, 1.54) is 70.6 Å². The van der Waals surface area contributed by atoms with Gasteiger partial charge in [-0.15, -0.1) is 0 Å². The molecule has 0 bridgehead atoms. The van der Waals surface area contributed by atoms with E-state index in [0.717, 1.165) is 56.3 Å². The zero-order chi connectivity index (χ0) is 32.4. The van der Waals surface area contributed by atoms with Crippen molar-refractivity contribution in [2.45, 2.75) is 150 Å². The fraction of sp³-hybridized carbons (Fsp3) is 0.757. The highest BCUT2D eigenvalue weighted by Gasteiger charge is 2.22. The van der Waals surface area contributed by atoms with Crippen LogP contribution in [0.5, 0.6) is 0 Å². The maximum Gasteiger partial charge on any atom is 0.313 e. The molecule has 0 heterocycles. The van der Waals surface area contributed by atoms with Gasteiger partial charge in [-0.25, -0.2) is 0 Å². The van der Waals surface area contributed by atoms with Gasteiger partial charge < -0.3 is 20.4 Å². The third-order valence-electron chi connectivity index (χ3n) is 8.46. The Balaban J connectivity index is 2.34. The molecule has 2 N–H and O–H groups in total. The highest BCUT2D eigenvalue weighted by molar-refractivity contribution is 6.39. The highest BCUT2D eigenvalue weighted by atomic mass is 16.2. The Labute approximate surface area is 270 Å². The minimum absolute atomic E-state index is 0.134. The van der Waals surface area contributed by atoms with Gasteiger partial charge in [0, 0.05) is 50.5 Å². The maximum absolute atomic E-state index is 12.8. The third kappa shape index (κ3) is 17.7.